The summed E-state index contributed by atoms with van der Waals surface area (Å²) in [6, 6.07) is 16.2. The number of aliphatic imine (C=N–C) groups is 1. The van der Waals surface area contributed by atoms with Gasteiger partial charge in [0, 0.05) is 5.56 Å². The minimum absolute atomic E-state index is 0.0314. The smallest absolute Gasteiger partial charge is 0.307 e. The topological polar surface area (TPSA) is 83.4 Å². The van der Waals surface area contributed by atoms with Crippen LogP contribution in [0.1, 0.15) is 38.8 Å². The van der Waals surface area contributed by atoms with Gasteiger partial charge in [0.1, 0.15) is 0 Å². The predicted molar refractivity (Wildman–Crippen MR) is 135 cm³/mol. The van der Waals surface area contributed by atoms with Crippen LogP contribution in [0.15, 0.2) is 59.6 Å². The Morgan fingerprint density at radius 1 is 0.758 bits per heavy atom. The molecule has 0 unspecified atom stereocenters. The molecule has 0 N–H and O–H groups in total. The first kappa shape index (κ1) is 26.1. The monoisotopic (exact) mass is 509 g/mol. The highest BCUT2D eigenvalue weighted by Gasteiger charge is 2.72. The first-order valence-electron chi connectivity index (χ1n) is 10.9. The van der Waals surface area contributed by atoms with Crippen molar-refractivity contribution in [3.8, 4) is 0 Å². The Morgan fingerprint density at radius 3 is 1.70 bits per heavy atom. The quantitative estimate of drug-likeness (QED) is 0.244. The van der Waals surface area contributed by atoms with Gasteiger partial charge in [0.15, 0.2) is 0 Å². The van der Waals surface area contributed by atoms with Crippen molar-refractivity contribution in [3.05, 3.63) is 65.7 Å². The van der Waals surface area contributed by atoms with Crippen LogP contribution in [0.4, 0.5) is 5.69 Å². The molecule has 10 heteroatoms. The minimum Gasteiger partial charge on any atom is -0.307 e. The number of para-hydroxylation sites is 1. The van der Waals surface area contributed by atoms with Gasteiger partial charge in [-0.3, -0.25) is 9.13 Å². The number of fused-ring (bicyclic) bond motifs is 1. The molecule has 0 saturated heterocycles. The third kappa shape index (κ3) is 4.35. The van der Waals surface area contributed by atoms with Crippen LogP contribution in [0, 0.1) is 0 Å². The van der Waals surface area contributed by atoms with Gasteiger partial charge in [-0.25, -0.2) is 4.99 Å². The summed E-state index contributed by atoms with van der Waals surface area (Å²) in [4.78, 5) is 2.86. The van der Waals surface area contributed by atoms with Gasteiger partial charge in [0.25, 0.3) is 4.90 Å². The fraction of sp³-hybridized carbons (Fsp3) is 0.391. The zero-order valence-electron chi connectivity index (χ0n) is 19.2. The molecule has 0 fully saturated rings. The van der Waals surface area contributed by atoms with Crippen molar-refractivity contribution >= 4 is 43.7 Å². The first-order valence-corrected chi connectivity index (χ1v) is 14.4. The Bertz CT molecular complexity index is 1070. The largest absolute Gasteiger partial charge is 0.360 e. The molecule has 33 heavy (non-hydrogen) atoms. The summed E-state index contributed by atoms with van der Waals surface area (Å²) in [6.07, 6.45) is 0. The second kappa shape index (κ2) is 10.8. The molecule has 1 aliphatic rings. The van der Waals surface area contributed by atoms with Crippen LogP contribution in [0.25, 0.3) is 0 Å². The van der Waals surface area contributed by atoms with E-state index in [-0.39, 0.29) is 37.0 Å². The Morgan fingerprint density at radius 2 is 1.21 bits per heavy atom. The lowest BCUT2D eigenvalue weighted by Gasteiger charge is -2.45. The zero-order valence-corrected chi connectivity index (χ0v) is 21.8. The molecule has 7 nitrogen and oxygen atoms in total. The maximum Gasteiger partial charge on any atom is 0.360 e. The van der Waals surface area contributed by atoms with Gasteiger partial charge in [0.05, 0.1) is 42.7 Å². The lowest BCUT2D eigenvalue weighted by molar-refractivity contribution is 0.196. The zero-order chi connectivity index (χ0) is 24.1. The molecule has 0 aromatic heterocycles. The van der Waals surface area contributed by atoms with Crippen molar-refractivity contribution in [2.45, 2.75) is 32.6 Å². The third-order valence-corrected chi connectivity index (χ3v) is 12.2. The molecule has 3 rings (SSSR count). The highest BCUT2D eigenvalue weighted by Crippen LogP contribution is 2.80. The van der Waals surface area contributed by atoms with Gasteiger partial charge in [0.2, 0.25) is 0 Å². The minimum atomic E-state index is -4.33. The van der Waals surface area contributed by atoms with Crippen LogP contribution in [0.2, 0.25) is 0 Å². The van der Waals surface area contributed by atoms with Gasteiger partial charge in [-0.2, -0.15) is 0 Å². The number of hydrogen-bond acceptors (Lipinski definition) is 8. The third-order valence-electron chi connectivity index (χ3n) is 5.06. The van der Waals surface area contributed by atoms with Crippen molar-refractivity contribution < 1.29 is 27.2 Å². The highest BCUT2D eigenvalue weighted by molar-refractivity contribution is 7.87. The SMILES string of the molecule is CCOP(=O)(OCC)C1(P(=O)(OCC)OCC)C(=S)c2ccccc2N=C1c1ccccc1. The molecule has 0 saturated carbocycles. The maximum atomic E-state index is 14.7. The van der Waals surface area contributed by atoms with E-state index in [9.17, 15) is 9.13 Å². The number of benzene rings is 2. The van der Waals surface area contributed by atoms with Crippen LogP contribution in [0.5, 0.6) is 0 Å². The molecule has 1 heterocycles. The summed E-state index contributed by atoms with van der Waals surface area (Å²) in [5.41, 5.74) is 1.82. The highest BCUT2D eigenvalue weighted by atomic mass is 32.1. The van der Waals surface area contributed by atoms with Crippen LogP contribution in [-0.2, 0) is 27.2 Å². The van der Waals surface area contributed by atoms with Gasteiger partial charge in [-0.15, -0.1) is 0 Å². The molecule has 0 amide bonds. The fourth-order valence-electron chi connectivity index (χ4n) is 3.90. The molecule has 178 valence electrons. The summed E-state index contributed by atoms with van der Waals surface area (Å²) in [5.74, 6) is 0. The number of hydrogen-bond donors (Lipinski definition) is 0. The first-order chi connectivity index (χ1) is 15.8. The van der Waals surface area contributed by atoms with E-state index in [4.69, 9.17) is 35.3 Å². The molecular formula is C23H29NO6P2S. The molecule has 2 aromatic rings. The summed E-state index contributed by atoms with van der Waals surface area (Å²) < 4.78 is 52.8. The molecule has 0 bridgehead atoms. The lowest BCUT2D eigenvalue weighted by Crippen LogP contribution is -2.49. The predicted octanol–water partition coefficient (Wildman–Crippen LogP) is 6.77. The number of rotatable bonds is 11. The van der Waals surface area contributed by atoms with Gasteiger partial charge >= 0.3 is 15.2 Å². The number of thiocarbonyl (C=S) groups is 1. The average Bonchev–Trinajstić information content (AvgIpc) is 2.80. The second-order valence-electron chi connectivity index (χ2n) is 7.01. The van der Waals surface area contributed by atoms with Crippen molar-refractivity contribution in [1.29, 1.82) is 0 Å². The van der Waals surface area contributed by atoms with Crippen molar-refractivity contribution in [1.82, 2.24) is 0 Å². The maximum absolute atomic E-state index is 14.7. The van der Waals surface area contributed by atoms with Crippen LogP contribution in [0.3, 0.4) is 0 Å². The second-order valence-corrected chi connectivity index (χ2v) is 12.1. The van der Waals surface area contributed by atoms with E-state index in [1.54, 1.807) is 58.0 Å². The Kier molecular flexibility index (Phi) is 8.57. The molecule has 0 aliphatic carbocycles. The fourth-order valence-corrected chi connectivity index (χ4v) is 10.6. The Hall–Kier alpha value is -1.50. The molecule has 2 aromatic carbocycles. The van der Waals surface area contributed by atoms with E-state index in [2.05, 4.69) is 0 Å². The van der Waals surface area contributed by atoms with E-state index in [0.29, 0.717) is 16.8 Å². The Labute approximate surface area is 200 Å². The van der Waals surface area contributed by atoms with Gasteiger partial charge in [-0.05, 0) is 39.3 Å². The Balaban J connectivity index is 2.55. The average molecular weight is 510 g/mol. The van der Waals surface area contributed by atoms with E-state index in [1.807, 2.05) is 24.3 Å². The molecule has 0 atom stereocenters. The van der Waals surface area contributed by atoms with E-state index in [0.717, 1.165) is 0 Å². The standard InChI is InChI=1S/C23H29NO6P2S/c1-5-27-31(25,28-6-2)23(32(26,29-7-3)30-8-4)21(18-14-10-9-11-15-18)24-20-17-13-12-16-19(20)22(23)33/h9-17H,5-8H2,1-4H3. The summed E-state index contributed by atoms with van der Waals surface area (Å²) >= 11 is 5.98. The summed E-state index contributed by atoms with van der Waals surface area (Å²) in [7, 11) is -8.65. The summed E-state index contributed by atoms with van der Waals surface area (Å²) in [6.45, 7) is 6.87. The molecule has 1 aliphatic heterocycles. The van der Waals surface area contributed by atoms with E-state index in [1.165, 1.54) is 0 Å². The van der Waals surface area contributed by atoms with Crippen LogP contribution < -0.4 is 0 Å². The number of nitrogens with zero attached hydrogens (tertiary/aromatic N) is 1. The lowest BCUT2D eigenvalue weighted by atomic mass is 9.96. The van der Waals surface area contributed by atoms with Crippen LogP contribution >= 0.6 is 27.4 Å². The van der Waals surface area contributed by atoms with E-state index < -0.39 is 20.1 Å². The van der Waals surface area contributed by atoms with Crippen molar-refractivity contribution in [2.24, 2.45) is 4.99 Å². The van der Waals surface area contributed by atoms with Gasteiger partial charge in [-0.1, -0.05) is 60.7 Å². The van der Waals surface area contributed by atoms with Crippen molar-refractivity contribution in [2.75, 3.05) is 26.4 Å². The van der Waals surface area contributed by atoms with Gasteiger partial charge < -0.3 is 18.1 Å². The molecular weight excluding hydrogens is 480 g/mol. The van der Waals surface area contributed by atoms with E-state index >= 15 is 0 Å². The van der Waals surface area contributed by atoms with Crippen LogP contribution in [-0.4, -0.2) is 41.9 Å². The summed E-state index contributed by atoms with van der Waals surface area (Å²) in [5, 5.41) is 0. The normalized spacial score (nSPS) is 15.8. The molecule has 0 spiro atoms. The van der Waals surface area contributed by atoms with Crippen molar-refractivity contribution in [3.63, 3.8) is 0 Å². The molecule has 0 radical (unpaired) electrons.